The number of carbonyl (C=O) groups excluding carboxylic acids is 2. The first-order valence-electron chi connectivity index (χ1n) is 8.79. The quantitative estimate of drug-likeness (QED) is 0.850. The van der Waals surface area contributed by atoms with E-state index in [0.717, 1.165) is 6.07 Å². The molecule has 0 fully saturated rings. The second kappa shape index (κ2) is 8.39. The van der Waals surface area contributed by atoms with E-state index in [1.54, 1.807) is 23.1 Å². The Bertz CT molecular complexity index is 915. The summed E-state index contributed by atoms with van der Waals surface area (Å²) in [5.41, 5.74) is 0.573. The molecule has 6 nitrogen and oxygen atoms in total. The minimum Gasteiger partial charge on any atom is -0.350 e. The summed E-state index contributed by atoms with van der Waals surface area (Å²) in [6, 6.07) is 7.13. The highest BCUT2D eigenvalue weighted by Crippen LogP contribution is 2.22. The van der Waals surface area contributed by atoms with Crippen molar-refractivity contribution in [3.8, 4) is 0 Å². The van der Waals surface area contributed by atoms with Gasteiger partial charge in [0.1, 0.15) is 11.6 Å². The first-order chi connectivity index (χ1) is 13.3. The van der Waals surface area contributed by atoms with Gasteiger partial charge in [0.25, 0.3) is 11.8 Å². The third kappa shape index (κ3) is 4.48. The zero-order valence-electron chi connectivity index (χ0n) is 15.5. The van der Waals surface area contributed by atoms with Crippen LogP contribution in [0.1, 0.15) is 34.6 Å². The number of carbonyl (C=O) groups is 2. The van der Waals surface area contributed by atoms with E-state index in [-0.39, 0.29) is 35.1 Å². The Morgan fingerprint density at radius 1 is 1.25 bits per heavy atom. The monoisotopic (exact) mass is 402 g/mol. The highest BCUT2D eigenvalue weighted by molar-refractivity contribution is 6.33. The van der Waals surface area contributed by atoms with Gasteiger partial charge in [0, 0.05) is 25.0 Å². The lowest BCUT2D eigenvalue weighted by atomic mass is 10.2. The zero-order valence-corrected chi connectivity index (χ0v) is 16.3. The molecule has 0 unspecified atom stereocenters. The van der Waals surface area contributed by atoms with Crippen molar-refractivity contribution in [2.75, 3.05) is 18.1 Å². The number of nitrogens with zero attached hydrogens (tertiary/aromatic N) is 3. The minimum atomic E-state index is -0.519. The molecular weight excluding hydrogens is 383 g/mol. The molecule has 0 spiro atoms. The van der Waals surface area contributed by atoms with Gasteiger partial charge < -0.3 is 15.1 Å². The number of hydrogen-bond donors (Lipinski definition) is 1. The van der Waals surface area contributed by atoms with E-state index < -0.39 is 5.82 Å². The standard InChI is InChI=1S/C20H20ClFN4O2/c1-13(2)24-19(27)14-4-7-18(23-11-14)25-8-3-9-26(12-25)20(28)16-10-15(22)5-6-17(16)21/h3-8,10-11,13H,9,12H2,1-2H3,(H,24,27). The molecular formula is C20H20ClFN4O2. The summed E-state index contributed by atoms with van der Waals surface area (Å²) >= 11 is 6.05. The van der Waals surface area contributed by atoms with E-state index in [2.05, 4.69) is 10.3 Å². The van der Waals surface area contributed by atoms with Crippen LogP contribution in [0.2, 0.25) is 5.02 Å². The number of aromatic nitrogens is 1. The fourth-order valence-corrected chi connectivity index (χ4v) is 2.95. The Morgan fingerprint density at radius 2 is 2.04 bits per heavy atom. The number of amides is 2. The molecule has 0 saturated heterocycles. The van der Waals surface area contributed by atoms with Gasteiger partial charge in [0.2, 0.25) is 0 Å². The molecule has 0 atom stereocenters. The van der Waals surface area contributed by atoms with Crippen LogP contribution < -0.4 is 10.2 Å². The average molecular weight is 403 g/mol. The van der Waals surface area contributed by atoms with Crippen LogP contribution >= 0.6 is 11.6 Å². The maximum Gasteiger partial charge on any atom is 0.257 e. The lowest BCUT2D eigenvalue weighted by molar-refractivity contribution is 0.0771. The van der Waals surface area contributed by atoms with Crippen molar-refractivity contribution in [2.45, 2.75) is 19.9 Å². The van der Waals surface area contributed by atoms with Gasteiger partial charge >= 0.3 is 0 Å². The van der Waals surface area contributed by atoms with E-state index in [4.69, 9.17) is 11.6 Å². The second-order valence-electron chi connectivity index (χ2n) is 6.68. The van der Waals surface area contributed by atoms with Gasteiger partial charge in [0.15, 0.2) is 0 Å². The van der Waals surface area contributed by atoms with Crippen LogP contribution in [-0.2, 0) is 0 Å². The fraction of sp³-hybridized carbons (Fsp3) is 0.250. The molecule has 8 heteroatoms. The summed E-state index contributed by atoms with van der Waals surface area (Å²) in [6.07, 6.45) is 5.11. The van der Waals surface area contributed by atoms with Gasteiger partial charge in [-0.05, 0) is 50.3 Å². The van der Waals surface area contributed by atoms with E-state index in [9.17, 15) is 14.0 Å². The number of anilines is 1. The highest BCUT2D eigenvalue weighted by atomic mass is 35.5. The number of hydrogen-bond acceptors (Lipinski definition) is 4. The molecule has 1 aromatic carbocycles. The molecule has 1 aliphatic heterocycles. The van der Waals surface area contributed by atoms with Crippen LogP contribution in [0.4, 0.5) is 10.2 Å². The molecule has 1 aliphatic rings. The normalized spacial score (nSPS) is 13.8. The van der Waals surface area contributed by atoms with E-state index in [1.165, 1.54) is 23.2 Å². The Hall–Kier alpha value is -2.93. The summed E-state index contributed by atoms with van der Waals surface area (Å²) in [5.74, 6) is -0.498. The third-order valence-electron chi connectivity index (χ3n) is 4.10. The van der Waals surface area contributed by atoms with Crippen molar-refractivity contribution in [2.24, 2.45) is 0 Å². The SMILES string of the molecule is CC(C)NC(=O)c1ccc(N2C=CCN(C(=O)c3cc(F)ccc3Cl)C2)nc1. The molecule has 2 heterocycles. The summed E-state index contributed by atoms with van der Waals surface area (Å²) < 4.78 is 13.5. The van der Waals surface area contributed by atoms with Crippen LogP contribution in [0.5, 0.6) is 0 Å². The lowest BCUT2D eigenvalue weighted by Gasteiger charge is -2.32. The molecule has 1 aromatic heterocycles. The Kier molecular flexibility index (Phi) is 5.94. The predicted octanol–water partition coefficient (Wildman–Crippen LogP) is 3.45. The third-order valence-corrected chi connectivity index (χ3v) is 4.43. The molecule has 0 radical (unpaired) electrons. The molecule has 0 saturated carbocycles. The van der Waals surface area contributed by atoms with Crippen LogP contribution in [0.25, 0.3) is 0 Å². The molecule has 1 N–H and O–H groups in total. The van der Waals surface area contributed by atoms with Crippen molar-refractivity contribution < 1.29 is 14.0 Å². The van der Waals surface area contributed by atoms with Crippen LogP contribution in [0.3, 0.4) is 0 Å². The Morgan fingerprint density at radius 3 is 2.71 bits per heavy atom. The maximum atomic E-state index is 13.5. The van der Waals surface area contributed by atoms with Crippen molar-refractivity contribution >= 4 is 29.2 Å². The smallest absolute Gasteiger partial charge is 0.257 e. The molecule has 0 aliphatic carbocycles. The van der Waals surface area contributed by atoms with E-state index in [1.807, 2.05) is 20.0 Å². The highest BCUT2D eigenvalue weighted by Gasteiger charge is 2.23. The van der Waals surface area contributed by atoms with Crippen molar-refractivity contribution in [3.05, 3.63) is 70.8 Å². The first-order valence-corrected chi connectivity index (χ1v) is 9.17. The van der Waals surface area contributed by atoms with Gasteiger partial charge in [-0.15, -0.1) is 0 Å². The first kappa shape index (κ1) is 19.8. The Balaban J connectivity index is 1.74. The summed E-state index contributed by atoms with van der Waals surface area (Å²) in [6.45, 7) is 4.37. The number of rotatable bonds is 4. The van der Waals surface area contributed by atoms with Crippen LogP contribution in [-0.4, -0.2) is 41.0 Å². The number of benzene rings is 1. The molecule has 0 bridgehead atoms. The topological polar surface area (TPSA) is 65.5 Å². The predicted molar refractivity (Wildman–Crippen MR) is 106 cm³/mol. The average Bonchev–Trinajstić information content (AvgIpc) is 2.69. The van der Waals surface area contributed by atoms with Crippen molar-refractivity contribution in [3.63, 3.8) is 0 Å². The summed E-state index contributed by atoms with van der Waals surface area (Å²) in [7, 11) is 0. The van der Waals surface area contributed by atoms with Crippen LogP contribution in [0, 0.1) is 5.82 Å². The summed E-state index contributed by atoms with van der Waals surface area (Å²) in [5, 5.41) is 3.01. The molecule has 146 valence electrons. The molecule has 2 aromatic rings. The lowest BCUT2D eigenvalue weighted by Crippen LogP contribution is -2.43. The van der Waals surface area contributed by atoms with Crippen molar-refractivity contribution in [1.29, 1.82) is 0 Å². The van der Waals surface area contributed by atoms with Gasteiger partial charge in [-0.1, -0.05) is 11.6 Å². The van der Waals surface area contributed by atoms with Gasteiger partial charge in [-0.3, -0.25) is 9.59 Å². The Labute approximate surface area is 167 Å². The summed E-state index contributed by atoms with van der Waals surface area (Å²) in [4.78, 5) is 32.4. The van der Waals surface area contributed by atoms with Crippen molar-refractivity contribution in [1.82, 2.24) is 15.2 Å². The number of nitrogens with one attached hydrogen (secondary N) is 1. The number of halogens is 2. The van der Waals surface area contributed by atoms with E-state index in [0.29, 0.717) is 17.9 Å². The van der Waals surface area contributed by atoms with Gasteiger partial charge in [0.05, 0.1) is 22.8 Å². The fourth-order valence-electron chi connectivity index (χ4n) is 2.75. The van der Waals surface area contributed by atoms with Gasteiger partial charge in [-0.2, -0.15) is 0 Å². The minimum absolute atomic E-state index is 0.0337. The molecule has 28 heavy (non-hydrogen) atoms. The second-order valence-corrected chi connectivity index (χ2v) is 7.09. The molecule has 2 amide bonds. The van der Waals surface area contributed by atoms with E-state index >= 15 is 0 Å². The zero-order chi connectivity index (χ0) is 20.3. The van der Waals surface area contributed by atoms with Crippen LogP contribution in [0.15, 0.2) is 48.8 Å². The van der Waals surface area contributed by atoms with Gasteiger partial charge in [-0.25, -0.2) is 9.37 Å². The molecule has 3 rings (SSSR count). The largest absolute Gasteiger partial charge is 0.350 e. The number of pyridine rings is 1. The maximum absolute atomic E-state index is 13.5.